The number of ether oxygens (including phenoxy) is 1. The summed E-state index contributed by atoms with van der Waals surface area (Å²) in [5.74, 6) is -1.90. The summed E-state index contributed by atoms with van der Waals surface area (Å²) in [6.07, 6.45) is 1.66. The Morgan fingerprint density at radius 2 is 2.00 bits per heavy atom. The third kappa shape index (κ3) is 6.15. The van der Waals surface area contributed by atoms with E-state index in [0.29, 0.717) is 22.6 Å². The number of nitrogens with one attached hydrogen (secondary N) is 2. The third-order valence-electron chi connectivity index (χ3n) is 5.32. The van der Waals surface area contributed by atoms with Gasteiger partial charge in [0.2, 0.25) is 5.82 Å². The average Bonchev–Trinajstić information content (AvgIpc) is 3.31. The van der Waals surface area contributed by atoms with Crippen molar-refractivity contribution in [2.75, 3.05) is 13.7 Å². The van der Waals surface area contributed by atoms with Gasteiger partial charge in [0.05, 0.1) is 12.0 Å². The fraction of sp³-hybridized carbons (Fsp3) is 0.304. The van der Waals surface area contributed by atoms with Gasteiger partial charge >= 0.3 is 5.97 Å². The molecule has 33 heavy (non-hydrogen) atoms. The molecule has 3 N–H and O–H groups in total. The first kappa shape index (κ1) is 24.3. The second-order valence-corrected chi connectivity index (χ2v) is 8.47. The molecule has 2 atom stereocenters. The number of carboxylic acids is 1. The number of carboxylic acid groups (broad SMARTS) is 1. The quantitative estimate of drug-likeness (QED) is 0.412. The molecule has 1 amide bonds. The molecule has 3 rings (SSSR count). The van der Waals surface area contributed by atoms with Crippen LogP contribution in [0.4, 0.5) is 4.39 Å². The molecule has 0 aliphatic heterocycles. The number of rotatable bonds is 10. The number of carbonyl (C=O) groups is 2. The molecule has 10 heteroatoms. The molecule has 8 nitrogen and oxygen atoms in total. The van der Waals surface area contributed by atoms with Gasteiger partial charge in [-0.25, -0.2) is 9.37 Å². The van der Waals surface area contributed by atoms with Gasteiger partial charge in [0.25, 0.3) is 5.91 Å². The minimum Gasteiger partial charge on any atom is -0.481 e. The Kier molecular flexibility index (Phi) is 7.78. The summed E-state index contributed by atoms with van der Waals surface area (Å²) in [6, 6.07) is 10.9. The Balaban J connectivity index is 1.83. The number of carbonyl (C=O) groups excluding carboxylic acids is 1. The summed E-state index contributed by atoms with van der Waals surface area (Å²) in [7, 11) is 1.43. The van der Waals surface area contributed by atoms with Gasteiger partial charge in [-0.1, -0.05) is 35.9 Å². The zero-order chi connectivity index (χ0) is 24.0. The number of hydrogen-bond acceptors (Lipinski definition) is 5. The molecule has 1 heterocycles. The van der Waals surface area contributed by atoms with Crippen LogP contribution in [0.5, 0.6) is 0 Å². The molecule has 0 saturated carbocycles. The van der Waals surface area contributed by atoms with E-state index < -0.39 is 23.3 Å². The maximum Gasteiger partial charge on any atom is 0.311 e. The number of nitrogens with zero attached hydrogens (tertiary/aromatic N) is 2. The van der Waals surface area contributed by atoms with Gasteiger partial charge in [-0.3, -0.25) is 14.7 Å². The van der Waals surface area contributed by atoms with E-state index in [0.717, 1.165) is 5.56 Å². The summed E-state index contributed by atoms with van der Waals surface area (Å²) >= 11 is 5.99. The van der Waals surface area contributed by atoms with E-state index in [2.05, 4.69) is 20.5 Å². The summed E-state index contributed by atoms with van der Waals surface area (Å²) in [4.78, 5) is 28.3. The number of H-pyrrole nitrogens is 1. The smallest absolute Gasteiger partial charge is 0.311 e. The molecular weight excluding hydrogens is 451 g/mol. The monoisotopic (exact) mass is 474 g/mol. The molecule has 0 unspecified atom stereocenters. The van der Waals surface area contributed by atoms with E-state index in [1.54, 1.807) is 37.3 Å². The second-order valence-electron chi connectivity index (χ2n) is 8.03. The van der Waals surface area contributed by atoms with Crippen LogP contribution in [0.25, 0.3) is 11.1 Å². The molecule has 0 saturated heterocycles. The molecule has 0 aliphatic rings. The van der Waals surface area contributed by atoms with Crippen molar-refractivity contribution >= 4 is 23.5 Å². The van der Waals surface area contributed by atoms with Crippen LogP contribution in [-0.4, -0.2) is 51.9 Å². The first-order valence-electron chi connectivity index (χ1n) is 10.1. The average molecular weight is 475 g/mol. The minimum atomic E-state index is -1.22. The van der Waals surface area contributed by atoms with Crippen LogP contribution in [-0.2, 0) is 16.0 Å². The zero-order valence-corrected chi connectivity index (χ0v) is 18.9. The maximum atomic E-state index is 14.2. The van der Waals surface area contributed by atoms with Crippen LogP contribution in [0.1, 0.15) is 29.5 Å². The number of hydrogen-bond donors (Lipinski definition) is 3. The Labute approximate surface area is 195 Å². The van der Waals surface area contributed by atoms with E-state index in [1.807, 2.05) is 0 Å². The number of halogens is 2. The number of aliphatic carboxylic acids is 1. The van der Waals surface area contributed by atoms with Crippen LogP contribution in [0.2, 0.25) is 5.02 Å². The van der Waals surface area contributed by atoms with E-state index in [1.165, 1.54) is 25.6 Å². The van der Waals surface area contributed by atoms with Crippen molar-refractivity contribution in [3.63, 3.8) is 0 Å². The van der Waals surface area contributed by atoms with Crippen LogP contribution < -0.4 is 5.32 Å². The van der Waals surface area contributed by atoms with Gasteiger partial charge in [0.15, 0.2) is 0 Å². The van der Waals surface area contributed by atoms with Crippen molar-refractivity contribution in [3.8, 4) is 11.1 Å². The van der Waals surface area contributed by atoms with E-state index in [9.17, 15) is 19.1 Å². The second kappa shape index (κ2) is 10.5. The number of aromatic nitrogens is 3. The highest BCUT2D eigenvalue weighted by atomic mass is 35.5. The summed E-state index contributed by atoms with van der Waals surface area (Å²) in [5, 5.41) is 19.2. The largest absolute Gasteiger partial charge is 0.481 e. The van der Waals surface area contributed by atoms with Crippen molar-refractivity contribution < 1.29 is 23.8 Å². The molecule has 0 fully saturated rings. The van der Waals surface area contributed by atoms with Crippen LogP contribution in [0.15, 0.2) is 48.8 Å². The predicted octanol–water partition coefficient (Wildman–Crippen LogP) is 3.73. The summed E-state index contributed by atoms with van der Waals surface area (Å²) in [5.41, 5.74) is 0.630. The third-order valence-corrected chi connectivity index (χ3v) is 5.55. The summed E-state index contributed by atoms with van der Waals surface area (Å²) in [6.45, 7) is 1.54. The zero-order valence-electron chi connectivity index (χ0n) is 18.1. The van der Waals surface area contributed by atoms with Gasteiger partial charge in [-0.05, 0) is 49.1 Å². The van der Waals surface area contributed by atoms with Gasteiger partial charge in [-0.15, -0.1) is 0 Å². The van der Waals surface area contributed by atoms with Crippen LogP contribution in [0, 0.1) is 11.2 Å². The number of aromatic amines is 1. The predicted molar refractivity (Wildman–Crippen MR) is 120 cm³/mol. The summed E-state index contributed by atoms with van der Waals surface area (Å²) < 4.78 is 19.3. The fourth-order valence-electron chi connectivity index (χ4n) is 3.64. The van der Waals surface area contributed by atoms with E-state index in [4.69, 9.17) is 16.3 Å². The highest BCUT2D eigenvalue weighted by Gasteiger charge is 2.36. The molecule has 2 aromatic carbocycles. The van der Waals surface area contributed by atoms with E-state index >= 15 is 0 Å². The van der Waals surface area contributed by atoms with Gasteiger partial charge in [-0.2, -0.15) is 5.10 Å². The first-order chi connectivity index (χ1) is 15.7. The minimum absolute atomic E-state index is 0.0237. The van der Waals surface area contributed by atoms with Crippen molar-refractivity contribution in [3.05, 3.63) is 71.0 Å². The van der Waals surface area contributed by atoms with Crippen molar-refractivity contribution in [1.82, 2.24) is 20.5 Å². The highest BCUT2D eigenvalue weighted by molar-refractivity contribution is 6.30. The Morgan fingerprint density at radius 3 is 2.61 bits per heavy atom. The number of benzene rings is 2. The SMILES string of the molecule is COC[C@](C)(C[C@@H](Cc1ccc(-c2cc(Cl)ccc2F)cc1)NC(=O)c1ncn[nH]1)C(=O)O. The van der Waals surface area contributed by atoms with Crippen molar-refractivity contribution in [2.24, 2.45) is 5.41 Å². The lowest BCUT2D eigenvalue weighted by molar-refractivity contribution is -0.152. The highest BCUT2D eigenvalue weighted by Crippen LogP contribution is 2.28. The molecule has 174 valence electrons. The molecular formula is C23H24ClFN4O4. The molecule has 0 spiro atoms. The van der Waals surface area contributed by atoms with Gasteiger partial charge < -0.3 is 15.2 Å². The fourth-order valence-corrected chi connectivity index (χ4v) is 3.81. The Bertz CT molecular complexity index is 1110. The van der Waals surface area contributed by atoms with Crippen molar-refractivity contribution in [2.45, 2.75) is 25.8 Å². The Morgan fingerprint density at radius 1 is 1.27 bits per heavy atom. The molecule has 1 aromatic heterocycles. The molecule has 0 aliphatic carbocycles. The molecule has 0 bridgehead atoms. The number of amides is 1. The Hall–Kier alpha value is -3.30. The first-order valence-corrected chi connectivity index (χ1v) is 10.5. The maximum absolute atomic E-state index is 14.2. The lowest BCUT2D eigenvalue weighted by Crippen LogP contribution is -2.44. The van der Waals surface area contributed by atoms with Gasteiger partial charge in [0, 0.05) is 23.7 Å². The van der Waals surface area contributed by atoms with Crippen LogP contribution in [0.3, 0.4) is 0 Å². The lowest BCUT2D eigenvalue weighted by atomic mass is 9.82. The lowest BCUT2D eigenvalue weighted by Gasteiger charge is -2.29. The normalized spacial score (nSPS) is 13.8. The van der Waals surface area contributed by atoms with Gasteiger partial charge in [0.1, 0.15) is 12.1 Å². The van der Waals surface area contributed by atoms with Crippen molar-refractivity contribution in [1.29, 1.82) is 0 Å². The van der Waals surface area contributed by atoms with E-state index in [-0.39, 0.29) is 24.7 Å². The molecule has 0 radical (unpaired) electrons. The van der Waals surface area contributed by atoms with Crippen LogP contribution >= 0.6 is 11.6 Å². The topological polar surface area (TPSA) is 117 Å². The number of methoxy groups -OCH3 is 1. The molecule has 3 aromatic rings. The standard InChI is InChI=1S/C23H24ClFN4O4/c1-23(12-33-2,22(31)32)11-17(28-21(30)20-26-13-27-29-20)9-14-3-5-15(6-4-14)18-10-16(24)7-8-19(18)25/h3-8,10,13,17H,9,11-12H2,1-2H3,(H,28,30)(H,31,32)(H,26,27,29)/t17-,23+/m1/s1.